The minimum atomic E-state index is -3.57. The normalized spacial score (nSPS) is 15.7. The van der Waals surface area contributed by atoms with E-state index in [1.54, 1.807) is 23.2 Å². The van der Waals surface area contributed by atoms with Gasteiger partial charge in [0.05, 0.1) is 10.6 Å². The number of carbonyl (C=O) groups is 1. The van der Waals surface area contributed by atoms with Crippen LogP contribution in [0.2, 0.25) is 5.02 Å². The number of rotatable bonds is 7. The third-order valence-corrected chi connectivity index (χ3v) is 7.66. The molecule has 7 nitrogen and oxygen atoms in total. The Morgan fingerprint density at radius 1 is 1.18 bits per heavy atom. The molecule has 0 N–H and O–H groups in total. The Morgan fingerprint density at radius 3 is 2.50 bits per heavy atom. The molecular formula is C18H23ClN4O3S2. The second-order valence-corrected chi connectivity index (χ2v) is 9.75. The average molecular weight is 443 g/mol. The Balaban J connectivity index is 1.53. The van der Waals surface area contributed by atoms with E-state index in [2.05, 4.69) is 11.9 Å². The minimum Gasteiger partial charge on any atom is -0.339 e. The van der Waals surface area contributed by atoms with Crippen LogP contribution < -0.4 is 0 Å². The number of nitrogens with zero attached hydrogens (tertiary/aromatic N) is 4. The number of aromatic nitrogens is 2. The lowest BCUT2D eigenvalue weighted by Crippen LogP contribution is -2.50. The number of piperazine rings is 1. The van der Waals surface area contributed by atoms with Crippen LogP contribution in [0.4, 0.5) is 0 Å². The van der Waals surface area contributed by atoms with Crippen molar-refractivity contribution in [3.05, 3.63) is 41.7 Å². The van der Waals surface area contributed by atoms with E-state index in [0.717, 1.165) is 18.1 Å². The SMILES string of the molecule is CCCn1ccnc1SCC(=O)N1CCN(S(=O)(=O)c2ccc(Cl)cc2)CC1. The van der Waals surface area contributed by atoms with Gasteiger partial charge in [-0.15, -0.1) is 0 Å². The molecule has 1 fully saturated rings. The molecule has 0 aliphatic carbocycles. The Bertz CT molecular complexity index is 907. The molecule has 28 heavy (non-hydrogen) atoms. The summed E-state index contributed by atoms with van der Waals surface area (Å²) in [5, 5.41) is 1.32. The highest BCUT2D eigenvalue weighted by molar-refractivity contribution is 7.99. The summed E-state index contributed by atoms with van der Waals surface area (Å²) in [4.78, 5) is 18.7. The lowest BCUT2D eigenvalue weighted by Gasteiger charge is -2.34. The Hall–Kier alpha value is -1.55. The number of thioether (sulfide) groups is 1. The van der Waals surface area contributed by atoms with Gasteiger partial charge in [-0.3, -0.25) is 4.79 Å². The Labute approximate surface area is 174 Å². The number of hydrogen-bond donors (Lipinski definition) is 0. The standard InChI is InChI=1S/C18H23ClN4O3S2/c1-2-8-22-9-7-20-18(22)27-14-17(24)21-10-12-23(13-11-21)28(25,26)16-5-3-15(19)4-6-16/h3-7,9H,2,8,10-14H2,1H3. The molecule has 0 unspecified atom stereocenters. The van der Waals surface area contributed by atoms with Crippen LogP contribution >= 0.6 is 23.4 Å². The number of amides is 1. The van der Waals surface area contributed by atoms with E-state index in [0.29, 0.717) is 23.9 Å². The van der Waals surface area contributed by atoms with Crippen molar-refractivity contribution >= 4 is 39.3 Å². The monoisotopic (exact) mass is 442 g/mol. The number of benzene rings is 1. The predicted molar refractivity (Wildman–Crippen MR) is 110 cm³/mol. The maximum absolute atomic E-state index is 12.7. The summed E-state index contributed by atoms with van der Waals surface area (Å²) in [6.45, 7) is 4.30. The van der Waals surface area contributed by atoms with Crippen molar-refractivity contribution < 1.29 is 13.2 Å². The minimum absolute atomic E-state index is 0.000380. The van der Waals surface area contributed by atoms with E-state index in [1.165, 1.54) is 28.2 Å². The largest absolute Gasteiger partial charge is 0.339 e. The summed E-state index contributed by atoms with van der Waals surface area (Å²) in [6, 6.07) is 6.14. The topological polar surface area (TPSA) is 75.5 Å². The number of aryl methyl sites for hydroxylation is 1. The molecular weight excluding hydrogens is 420 g/mol. The van der Waals surface area contributed by atoms with Crippen molar-refractivity contribution in [2.24, 2.45) is 0 Å². The molecule has 3 rings (SSSR count). The summed E-state index contributed by atoms with van der Waals surface area (Å²) in [5.74, 6) is 0.296. The van der Waals surface area contributed by atoms with Crippen LogP contribution in [0.3, 0.4) is 0 Å². The Kier molecular flexibility index (Phi) is 7.03. The first kappa shape index (κ1) is 21.2. The van der Waals surface area contributed by atoms with Gasteiger partial charge in [-0.1, -0.05) is 30.3 Å². The zero-order chi connectivity index (χ0) is 20.1. The molecule has 152 valence electrons. The number of carbonyl (C=O) groups excluding carboxylic acids is 1. The molecule has 0 spiro atoms. The maximum Gasteiger partial charge on any atom is 0.243 e. The number of sulfonamides is 1. The first-order valence-electron chi connectivity index (χ1n) is 9.09. The van der Waals surface area contributed by atoms with E-state index in [4.69, 9.17) is 11.6 Å². The average Bonchev–Trinajstić information content (AvgIpc) is 3.14. The van der Waals surface area contributed by atoms with Crippen molar-refractivity contribution in [1.29, 1.82) is 0 Å². The van der Waals surface area contributed by atoms with Gasteiger partial charge in [-0.05, 0) is 30.7 Å². The van der Waals surface area contributed by atoms with Crippen molar-refractivity contribution in [2.45, 2.75) is 29.9 Å². The summed E-state index contributed by atoms with van der Waals surface area (Å²) >= 11 is 7.25. The van der Waals surface area contributed by atoms with Gasteiger partial charge in [0.25, 0.3) is 0 Å². The third-order valence-electron chi connectivity index (χ3n) is 4.51. The Morgan fingerprint density at radius 2 is 1.86 bits per heavy atom. The van der Waals surface area contributed by atoms with Gasteiger partial charge in [0.15, 0.2) is 5.16 Å². The molecule has 0 bridgehead atoms. The van der Waals surface area contributed by atoms with Gasteiger partial charge in [-0.25, -0.2) is 13.4 Å². The van der Waals surface area contributed by atoms with Crippen molar-refractivity contribution in [3.8, 4) is 0 Å². The molecule has 1 aromatic carbocycles. The summed E-state index contributed by atoms with van der Waals surface area (Å²) in [6.07, 6.45) is 4.65. The first-order chi connectivity index (χ1) is 13.4. The lowest BCUT2D eigenvalue weighted by atomic mass is 10.3. The van der Waals surface area contributed by atoms with E-state index in [9.17, 15) is 13.2 Å². The van der Waals surface area contributed by atoms with Crippen LogP contribution in [0, 0.1) is 0 Å². The van der Waals surface area contributed by atoms with Crippen LogP contribution in [-0.2, 0) is 21.4 Å². The molecule has 1 saturated heterocycles. The zero-order valence-electron chi connectivity index (χ0n) is 15.6. The van der Waals surface area contributed by atoms with Gasteiger partial charge in [0.2, 0.25) is 15.9 Å². The number of hydrogen-bond acceptors (Lipinski definition) is 5. The summed E-state index contributed by atoms with van der Waals surface area (Å²) in [7, 11) is -3.57. The van der Waals surface area contributed by atoms with Crippen molar-refractivity contribution in [2.75, 3.05) is 31.9 Å². The molecule has 0 atom stereocenters. The van der Waals surface area contributed by atoms with E-state index >= 15 is 0 Å². The highest BCUT2D eigenvalue weighted by Gasteiger charge is 2.30. The fourth-order valence-electron chi connectivity index (χ4n) is 3.00. The van der Waals surface area contributed by atoms with E-state index in [-0.39, 0.29) is 23.9 Å². The van der Waals surface area contributed by atoms with Gasteiger partial charge >= 0.3 is 0 Å². The third kappa shape index (κ3) is 4.89. The zero-order valence-corrected chi connectivity index (χ0v) is 18.0. The quantitative estimate of drug-likeness (QED) is 0.616. The van der Waals surface area contributed by atoms with Crippen LogP contribution in [0.15, 0.2) is 46.7 Å². The second-order valence-electron chi connectivity index (χ2n) is 6.43. The maximum atomic E-state index is 12.7. The highest BCUT2D eigenvalue weighted by Crippen LogP contribution is 2.21. The fraction of sp³-hybridized carbons (Fsp3) is 0.444. The highest BCUT2D eigenvalue weighted by atomic mass is 35.5. The molecule has 2 aromatic rings. The number of imidazole rings is 1. The smallest absolute Gasteiger partial charge is 0.243 e. The van der Waals surface area contributed by atoms with E-state index in [1.807, 2.05) is 10.8 Å². The number of halogens is 1. The molecule has 2 heterocycles. The molecule has 1 amide bonds. The van der Waals surface area contributed by atoms with Gasteiger partial charge in [0, 0.05) is 50.1 Å². The van der Waals surface area contributed by atoms with Gasteiger partial charge in [0.1, 0.15) is 0 Å². The lowest BCUT2D eigenvalue weighted by molar-refractivity contribution is -0.129. The van der Waals surface area contributed by atoms with Crippen LogP contribution in [0.25, 0.3) is 0 Å². The summed E-state index contributed by atoms with van der Waals surface area (Å²) < 4.78 is 28.9. The second kappa shape index (κ2) is 9.30. The fourth-order valence-corrected chi connectivity index (χ4v) is 5.43. The van der Waals surface area contributed by atoms with Crippen LogP contribution in [-0.4, -0.2) is 65.0 Å². The molecule has 0 radical (unpaired) electrons. The first-order valence-corrected chi connectivity index (χ1v) is 11.9. The molecule has 1 aromatic heterocycles. The van der Waals surface area contributed by atoms with Crippen molar-refractivity contribution in [1.82, 2.24) is 18.8 Å². The summed E-state index contributed by atoms with van der Waals surface area (Å²) in [5.41, 5.74) is 0. The molecule has 0 saturated carbocycles. The van der Waals surface area contributed by atoms with Crippen molar-refractivity contribution in [3.63, 3.8) is 0 Å². The van der Waals surface area contributed by atoms with E-state index < -0.39 is 10.0 Å². The van der Waals surface area contributed by atoms with Crippen LogP contribution in [0.1, 0.15) is 13.3 Å². The molecule has 10 heteroatoms. The predicted octanol–water partition coefficient (Wildman–Crippen LogP) is 2.57. The molecule has 1 aliphatic heterocycles. The molecule has 1 aliphatic rings. The van der Waals surface area contributed by atoms with Crippen LogP contribution in [0.5, 0.6) is 0 Å². The van der Waals surface area contributed by atoms with Gasteiger partial charge < -0.3 is 9.47 Å². The van der Waals surface area contributed by atoms with Gasteiger partial charge in [-0.2, -0.15) is 4.31 Å².